The van der Waals surface area contributed by atoms with E-state index in [1.54, 1.807) is 12.8 Å². The third-order valence-electron chi connectivity index (χ3n) is 4.13. The molecule has 0 nitrogen and oxygen atoms in total. The summed E-state index contributed by atoms with van der Waals surface area (Å²) >= 11 is 0. The Morgan fingerprint density at radius 1 is 1.00 bits per heavy atom. The lowest BCUT2D eigenvalue weighted by Gasteiger charge is -2.16. The Hall–Kier alpha value is 0. The van der Waals surface area contributed by atoms with Crippen molar-refractivity contribution in [3.63, 3.8) is 0 Å². The van der Waals surface area contributed by atoms with Crippen LogP contribution in [0, 0.1) is 29.6 Å². The van der Waals surface area contributed by atoms with Gasteiger partial charge in [-0.1, -0.05) is 27.2 Å². The van der Waals surface area contributed by atoms with Gasteiger partial charge in [0.2, 0.25) is 0 Å². The molecule has 0 saturated heterocycles. The number of hydrogen-bond acceptors (Lipinski definition) is 0. The van der Waals surface area contributed by atoms with Crippen molar-refractivity contribution in [2.45, 2.75) is 40.0 Å². The van der Waals surface area contributed by atoms with Crippen molar-refractivity contribution in [3.8, 4) is 0 Å². The fourth-order valence-corrected chi connectivity index (χ4v) is 3.10. The quantitative estimate of drug-likeness (QED) is 0.569. The summed E-state index contributed by atoms with van der Waals surface area (Å²) in [6.07, 6.45) is 4.62. The molecule has 0 amide bonds. The van der Waals surface area contributed by atoms with Gasteiger partial charge in [-0.2, -0.15) is 0 Å². The van der Waals surface area contributed by atoms with Crippen molar-refractivity contribution in [3.05, 3.63) is 0 Å². The van der Waals surface area contributed by atoms with E-state index < -0.39 is 0 Å². The molecule has 2 fully saturated rings. The van der Waals surface area contributed by atoms with Gasteiger partial charge in [-0.25, -0.2) is 0 Å². The second-order valence-electron chi connectivity index (χ2n) is 4.94. The fourth-order valence-electron chi connectivity index (χ4n) is 3.10. The van der Waals surface area contributed by atoms with Gasteiger partial charge in [0.1, 0.15) is 0 Å². The van der Waals surface area contributed by atoms with Crippen LogP contribution >= 0.6 is 0 Å². The standard InChI is InChI=1S/C11H20/c1-7(2)8(3)11-9-5-4-6-10(9)11/h7-11H,4-6H2,1-3H3. The van der Waals surface area contributed by atoms with E-state index in [0.717, 1.165) is 29.6 Å². The third-order valence-corrected chi connectivity index (χ3v) is 4.13. The zero-order valence-electron chi connectivity index (χ0n) is 8.01. The average molecular weight is 152 g/mol. The molecule has 0 heterocycles. The highest BCUT2D eigenvalue weighted by Gasteiger charge is 2.54. The first-order valence-corrected chi connectivity index (χ1v) is 5.22. The first kappa shape index (κ1) is 7.64. The van der Waals surface area contributed by atoms with Gasteiger partial charge in [0.25, 0.3) is 0 Å². The lowest BCUT2D eigenvalue weighted by molar-refractivity contribution is 0.327. The van der Waals surface area contributed by atoms with E-state index >= 15 is 0 Å². The Labute approximate surface area is 70.4 Å². The van der Waals surface area contributed by atoms with Crippen LogP contribution in [0.4, 0.5) is 0 Å². The lowest BCUT2D eigenvalue weighted by atomic mass is 9.89. The molecule has 2 saturated carbocycles. The van der Waals surface area contributed by atoms with Crippen molar-refractivity contribution < 1.29 is 0 Å². The highest BCUT2D eigenvalue weighted by molar-refractivity contribution is 5.03. The zero-order valence-corrected chi connectivity index (χ0v) is 8.01. The van der Waals surface area contributed by atoms with Crippen LogP contribution in [0.3, 0.4) is 0 Å². The Morgan fingerprint density at radius 2 is 1.55 bits per heavy atom. The predicted octanol–water partition coefficient (Wildman–Crippen LogP) is 3.32. The van der Waals surface area contributed by atoms with Crippen LogP contribution in [-0.4, -0.2) is 0 Å². The van der Waals surface area contributed by atoms with Gasteiger partial charge >= 0.3 is 0 Å². The van der Waals surface area contributed by atoms with Crippen LogP contribution in [-0.2, 0) is 0 Å². The molecule has 0 radical (unpaired) electrons. The summed E-state index contributed by atoms with van der Waals surface area (Å²) in [4.78, 5) is 0. The highest BCUT2D eigenvalue weighted by Crippen LogP contribution is 2.61. The molecule has 0 aliphatic heterocycles. The largest absolute Gasteiger partial charge is 0.0625 e. The zero-order chi connectivity index (χ0) is 8.01. The van der Waals surface area contributed by atoms with Crippen LogP contribution in [0.1, 0.15) is 40.0 Å². The second kappa shape index (κ2) is 2.50. The summed E-state index contributed by atoms with van der Waals surface area (Å²) in [5.74, 6) is 5.35. The summed E-state index contributed by atoms with van der Waals surface area (Å²) in [5.41, 5.74) is 0. The molecule has 0 aromatic heterocycles. The number of fused-ring (bicyclic) bond motifs is 1. The molecule has 0 bridgehead atoms. The minimum absolute atomic E-state index is 0.908. The lowest BCUT2D eigenvalue weighted by Crippen LogP contribution is -2.09. The predicted molar refractivity (Wildman–Crippen MR) is 48.3 cm³/mol. The van der Waals surface area contributed by atoms with Gasteiger partial charge in [-0.15, -0.1) is 0 Å². The van der Waals surface area contributed by atoms with E-state index in [9.17, 15) is 0 Å². The van der Waals surface area contributed by atoms with Crippen LogP contribution in [0.5, 0.6) is 0 Å². The molecule has 0 aromatic carbocycles. The molecule has 0 aromatic rings. The van der Waals surface area contributed by atoms with Gasteiger partial charge in [0, 0.05) is 0 Å². The van der Waals surface area contributed by atoms with E-state index in [-0.39, 0.29) is 0 Å². The number of rotatable bonds is 2. The minimum Gasteiger partial charge on any atom is -0.0625 e. The van der Waals surface area contributed by atoms with Gasteiger partial charge in [0.15, 0.2) is 0 Å². The molecule has 0 heteroatoms. The summed E-state index contributed by atoms with van der Waals surface area (Å²) in [5, 5.41) is 0. The first-order chi connectivity index (χ1) is 5.22. The molecule has 3 atom stereocenters. The average Bonchev–Trinajstić information content (AvgIpc) is 2.41. The maximum atomic E-state index is 2.45. The van der Waals surface area contributed by atoms with Crippen molar-refractivity contribution in [2.75, 3.05) is 0 Å². The first-order valence-electron chi connectivity index (χ1n) is 5.22. The Balaban J connectivity index is 1.90. The Bertz CT molecular complexity index is 138. The summed E-state index contributed by atoms with van der Waals surface area (Å²) in [7, 11) is 0. The van der Waals surface area contributed by atoms with Crippen LogP contribution in [0.15, 0.2) is 0 Å². The summed E-state index contributed by atoms with van der Waals surface area (Å²) in [6.45, 7) is 7.20. The van der Waals surface area contributed by atoms with E-state index in [4.69, 9.17) is 0 Å². The van der Waals surface area contributed by atoms with E-state index in [2.05, 4.69) is 20.8 Å². The molecule has 2 rings (SSSR count). The molecule has 11 heavy (non-hydrogen) atoms. The van der Waals surface area contributed by atoms with Gasteiger partial charge in [-0.3, -0.25) is 0 Å². The topological polar surface area (TPSA) is 0 Å². The van der Waals surface area contributed by atoms with Crippen LogP contribution < -0.4 is 0 Å². The molecule has 2 aliphatic rings. The van der Waals surface area contributed by atoms with Crippen LogP contribution in [0.2, 0.25) is 0 Å². The van der Waals surface area contributed by atoms with E-state index in [1.165, 1.54) is 6.42 Å². The molecular formula is C11H20. The monoisotopic (exact) mass is 152 g/mol. The molecule has 0 spiro atoms. The Morgan fingerprint density at radius 3 is 2.00 bits per heavy atom. The highest BCUT2D eigenvalue weighted by atomic mass is 14.6. The fraction of sp³-hybridized carbons (Fsp3) is 1.00. The normalized spacial score (nSPS) is 44.2. The maximum absolute atomic E-state index is 2.45. The van der Waals surface area contributed by atoms with Crippen LogP contribution in [0.25, 0.3) is 0 Å². The minimum atomic E-state index is 0.908. The van der Waals surface area contributed by atoms with Crippen molar-refractivity contribution in [2.24, 2.45) is 29.6 Å². The van der Waals surface area contributed by atoms with Gasteiger partial charge in [-0.05, 0) is 42.4 Å². The number of hydrogen-bond donors (Lipinski definition) is 0. The van der Waals surface area contributed by atoms with Crippen molar-refractivity contribution in [1.29, 1.82) is 0 Å². The summed E-state index contributed by atoms with van der Waals surface area (Å²) in [6, 6.07) is 0. The SMILES string of the molecule is CC(C)C(C)C1C2CCCC21. The van der Waals surface area contributed by atoms with Crippen molar-refractivity contribution in [1.82, 2.24) is 0 Å². The Kier molecular flexibility index (Phi) is 1.74. The van der Waals surface area contributed by atoms with Gasteiger partial charge < -0.3 is 0 Å². The molecule has 0 N–H and O–H groups in total. The molecule has 2 aliphatic carbocycles. The second-order valence-corrected chi connectivity index (χ2v) is 4.94. The molecule has 3 unspecified atom stereocenters. The molecule has 64 valence electrons. The van der Waals surface area contributed by atoms with E-state index in [1.807, 2.05) is 0 Å². The smallest absolute Gasteiger partial charge is 0.0324 e. The third kappa shape index (κ3) is 1.11. The summed E-state index contributed by atoms with van der Waals surface area (Å²) < 4.78 is 0. The maximum Gasteiger partial charge on any atom is -0.0324 e. The van der Waals surface area contributed by atoms with Gasteiger partial charge in [0.05, 0.1) is 0 Å². The van der Waals surface area contributed by atoms with Crippen molar-refractivity contribution >= 4 is 0 Å². The molecular weight excluding hydrogens is 132 g/mol. The van der Waals surface area contributed by atoms with E-state index in [0.29, 0.717) is 0 Å².